The number of ether oxygens (including phenoxy) is 1. The highest BCUT2D eigenvalue weighted by Gasteiger charge is 2.10. The van der Waals surface area contributed by atoms with E-state index in [0.717, 1.165) is 5.56 Å². The van der Waals surface area contributed by atoms with E-state index >= 15 is 0 Å². The second kappa shape index (κ2) is 5.64. The third-order valence-electron chi connectivity index (χ3n) is 3.12. The van der Waals surface area contributed by atoms with Gasteiger partial charge in [0.1, 0.15) is 18.0 Å². The molecule has 8 nitrogen and oxygen atoms in total. The van der Waals surface area contributed by atoms with Gasteiger partial charge in [0, 0.05) is 12.6 Å². The van der Waals surface area contributed by atoms with Crippen molar-refractivity contribution in [2.45, 2.75) is 6.54 Å². The topological polar surface area (TPSA) is 90.6 Å². The first kappa shape index (κ1) is 14.3. The lowest BCUT2D eigenvalue weighted by atomic mass is 10.1. The van der Waals surface area contributed by atoms with Gasteiger partial charge in [-0.15, -0.1) is 5.10 Å². The van der Waals surface area contributed by atoms with Gasteiger partial charge >= 0.3 is 5.69 Å². The van der Waals surface area contributed by atoms with Crippen molar-refractivity contribution in [2.24, 2.45) is 7.05 Å². The minimum absolute atomic E-state index is 0.270. The molecule has 1 N–H and O–H groups in total. The lowest BCUT2D eigenvalue weighted by Gasteiger charge is -2.03. The Balaban J connectivity index is 1.86. The highest BCUT2D eigenvalue weighted by atomic mass is 35.5. The second-order valence-corrected chi connectivity index (χ2v) is 5.05. The minimum atomic E-state index is -0.270. The fraction of sp³-hybridized carbons (Fsp3) is 0.231. The van der Waals surface area contributed by atoms with Crippen molar-refractivity contribution >= 4 is 11.6 Å². The van der Waals surface area contributed by atoms with Crippen molar-refractivity contribution in [3.8, 4) is 17.0 Å². The zero-order valence-electron chi connectivity index (χ0n) is 11.9. The van der Waals surface area contributed by atoms with Crippen molar-refractivity contribution in [3.63, 3.8) is 0 Å². The molecule has 0 unspecified atom stereocenters. The molecule has 2 aromatic heterocycles. The summed E-state index contributed by atoms with van der Waals surface area (Å²) in [7, 11) is 3.15. The predicted molar refractivity (Wildman–Crippen MR) is 80.0 cm³/mol. The number of rotatable bonds is 4. The van der Waals surface area contributed by atoms with Crippen LogP contribution in [0, 0.1) is 0 Å². The van der Waals surface area contributed by atoms with E-state index in [4.69, 9.17) is 16.3 Å². The first-order valence-corrected chi connectivity index (χ1v) is 6.81. The number of methoxy groups -OCH3 is 1. The van der Waals surface area contributed by atoms with Crippen LogP contribution in [-0.2, 0) is 13.6 Å². The molecule has 0 radical (unpaired) electrons. The van der Waals surface area contributed by atoms with Crippen LogP contribution in [-0.4, -0.2) is 36.9 Å². The molecule has 0 fully saturated rings. The van der Waals surface area contributed by atoms with Crippen LogP contribution in [0.4, 0.5) is 0 Å². The summed E-state index contributed by atoms with van der Waals surface area (Å²) < 4.78 is 7.92. The second-order valence-electron chi connectivity index (χ2n) is 4.65. The van der Waals surface area contributed by atoms with Crippen LogP contribution in [0.25, 0.3) is 11.3 Å². The molecule has 2 heterocycles. The molecule has 1 aromatic carbocycles. The summed E-state index contributed by atoms with van der Waals surface area (Å²) >= 11 is 6.22. The van der Waals surface area contributed by atoms with Crippen molar-refractivity contribution in [1.82, 2.24) is 29.8 Å². The number of aromatic amines is 1. The number of hydrogen-bond acceptors (Lipinski definition) is 5. The van der Waals surface area contributed by atoms with Crippen molar-refractivity contribution in [3.05, 3.63) is 45.7 Å². The fourth-order valence-electron chi connectivity index (χ4n) is 2.01. The summed E-state index contributed by atoms with van der Waals surface area (Å²) in [6.07, 6.45) is 1.74. The Morgan fingerprint density at radius 3 is 2.86 bits per heavy atom. The zero-order valence-corrected chi connectivity index (χ0v) is 12.7. The van der Waals surface area contributed by atoms with E-state index in [-0.39, 0.29) is 5.69 Å². The summed E-state index contributed by atoms with van der Waals surface area (Å²) in [6, 6.07) is 5.33. The van der Waals surface area contributed by atoms with E-state index in [0.29, 0.717) is 28.8 Å². The number of nitrogens with zero attached hydrogens (tertiary/aromatic N) is 5. The monoisotopic (exact) mass is 320 g/mol. The molecule has 0 bridgehead atoms. The van der Waals surface area contributed by atoms with E-state index in [2.05, 4.69) is 20.4 Å². The number of aromatic nitrogens is 6. The maximum Gasteiger partial charge on any atom is 0.343 e. The molecule has 22 heavy (non-hydrogen) atoms. The molecule has 9 heteroatoms. The van der Waals surface area contributed by atoms with Gasteiger partial charge in [-0.1, -0.05) is 16.8 Å². The largest absolute Gasteiger partial charge is 0.497 e. The van der Waals surface area contributed by atoms with Gasteiger partial charge in [0.25, 0.3) is 0 Å². The van der Waals surface area contributed by atoms with E-state index in [9.17, 15) is 4.79 Å². The van der Waals surface area contributed by atoms with Crippen LogP contribution in [0.5, 0.6) is 5.75 Å². The number of nitrogens with one attached hydrogen (secondary N) is 1. The van der Waals surface area contributed by atoms with Gasteiger partial charge < -0.3 is 4.74 Å². The highest BCUT2D eigenvalue weighted by Crippen LogP contribution is 2.29. The molecule has 0 saturated heterocycles. The molecule has 114 valence electrons. The number of aryl methyl sites for hydroxylation is 1. The van der Waals surface area contributed by atoms with Crippen molar-refractivity contribution in [1.29, 1.82) is 0 Å². The van der Waals surface area contributed by atoms with Gasteiger partial charge in [0.15, 0.2) is 5.82 Å². The number of hydrogen-bond donors (Lipinski definition) is 1. The molecular weight excluding hydrogens is 308 g/mol. The normalized spacial score (nSPS) is 10.9. The number of halogens is 1. The summed E-state index contributed by atoms with van der Waals surface area (Å²) in [4.78, 5) is 14.0. The quantitative estimate of drug-likeness (QED) is 0.776. The summed E-state index contributed by atoms with van der Waals surface area (Å²) in [6.45, 7) is 0.316. The Hall–Kier alpha value is -2.61. The Bertz CT molecular complexity index is 866. The molecule has 3 aromatic rings. The van der Waals surface area contributed by atoms with Crippen LogP contribution in [0.1, 0.15) is 5.82 Å². The van der Waals surface area contributed by atoms with Gasteiger partial charge in [-0.05, 0) is 18.2 Å². The Morgan fingerprint density at radius 1 is 1.41 bits per heavy atom. The maximum absolute atomic E-state index is 11.3. The lowest BCUT2D eigenvalue weighted by molar-refractivity contribution is 0.415. The Kier molecular flexibility index (Phi) is 3.68. The SMILES string of the molecule is COc1ccc(-c2cn(Cc3nn(C)c(=O)[nH]3)nn2)c(Cl)c1. The fourth-order valence-corrected chi connectivity index (χ4v) is 2.28. The standard InChI is InChI=1S/C13H13ClN6O2/c1-19-13(21)15-12(17-19)7-20-6-11(16-18-20)9-4-3-8(22-2)5-10(9)14/h3-6H,7H2,1-2H3,(H,15,17,21). The Labute approximate surface area is 130 Å². The van der Waals surface area contributed by atoms with E-state index in [1.807, 2.05) is 6.07 Å². The average molecular weight is 321 g/mol. The van der Waals surface area contributed by atoms with Crippen LogP contribution < -0.4 is 10.4 Å². The smallest absolute Gasteiger partial charge is 0.343 e. The Morgan fingerprint density at radius 2 is 2.23 bits per heavy atom. The summed E-state index contributed by atoms with van der Waals surface area (Å²) in [5, 5.41) is 12.7. The van der Waals surface area contributed by atoms with E-state index in [1.165, 1.54) is 4.68 Å². The third-order valence-corrected chi connectivity index (χ3v) is 3.43. The van der Waals surface area contributed by atoms with Gasteiger partial charge in [0.05, 0.1) is 18.3 Å². The van der Waals surface area contributed by atoms with Gasteiger partial charge in [0.2, 0.25) is 0 Å². The molecule has 3 rings (SSSR count). The van der Waals surface area contributed by atoms with E-state index in [1.54, 1.807) is 37.2 Å². The molecule has 0 aliphatic carbocycles. The molecule has 0 aliphatic heterocycles. The summed E-state index contributed by atoms with van der Waals surface area (Å²) in [5.41, 5.74) is 1.11. The third kappa shape index (κ3) is 2.73. The lowest BCUT2D eigenvalue weighted by Crippen LogP contribution is -2.13. The van der Waals surface area contributed by atoms with Crippen LogP contribution in [0.2, 0.25) is 5.02 Å². The van der Waals surface area contributed by atoms with Gasteiger partial charge in [-0.2, -0.15) is 5.10 Å². The van der Waals surface area contributed by atoms with Gasteiger partial charge in [-0.3, -0.25) is 4.98 Å². The first-order valence-electron chi connectivity index (χ1n) is 6.43. The van der Waals surface area contributed by atoms with Crippen molar-refractivity contribution < 1.29 is 4.74 Å². The average Bonchev–Trinajstić information content (AvgIpc) is 3.06. The number of benzene rings is 1. The predicted octanol–water partition coefficient (Wildman–Crippen LogP) is 1.08. The molecule has 0 atom stereocenters. The molecular formula is C13H13ClN6O2. The van der Waals surface area contributed by atoms with Crippen molar-refractivity contribution in [2.75, 3.05) is 7.11 Å². The minimum Gasteiger partial charge on any atom is -0.497 e. The zero-order chi connectivity index (χ0) is 15.7. The molecule has 0 saturated carbocycles. The summed E-state index contributed by atoms with van der Waals surface area (Å²) in [5.74, 6) is 1.18. The highest BCUT2D eigenvalue weighted by molar-refractivity contribution is 6.33. The van der Waals surface area contributed by atoms with Crippen LogP contribution in [0.3, 0.4) is 0 Å². The maximum atomic E-state index is 11.3. The molecule has 0 amide bonds. The molecule has 0 spiro atoms. The molecule has 0 aliphatic rings. The van der Waals surface area contributed by atoms with Crippen LogP contribution in [0.15, 0.2) is 29.2 Å². The van der Waals surface area contributed by atoms with E-state index < -0.39 is 0 Å². The number of H-pyrrole nitrogens is 1. The first-order chi connectivity index (χ1) is 10.6. The van der Waals surface area contributed by atoms with Gasteiger partial charge in [-0.25, -0.2) is 14.2 Å². The van der Waals surface area contributed by atoms with Crippen LogP contribution >= 0.6 is 11.6 Å².